The first kappa shape index (κ1) is 30.3. The number of hydrogen-bond donors (Lipinski definition) is 0. The van der Waals surface area contributed by atoms with Crippen molar-refractivity contribution in [3.8, 4) is 51.0 Å². The average molecular weight is 691 g/mol. The van der Waals surface area contributed by atoms with E-state index in [1.54, 1.807) is 0 Å². The molecule has 0 N–H and O–H groups in total. The second-order valence-electron chi connectivity index (χ2n) is 13.6. The number of nitrogens with zero attached hydrogens (tertiary/aromatic N) is 4. The fraction of sp³-hybridized carbons (Fsp3) is 0. The second kappa shape index (κ2) is 12.1. The lowest BCUT2D eigenvalue weighted by Crippen LogP contribution is -2.00. The van der Waals surface area contributed by atoms with Crippen molar-refractivity contribution < 1.29 is 4.42 Å². The van der Waals surface area contributed by atoms with Gasteiger partial charge in [0.1, 0.15) is 11.2 Å². The third-order valence-corrected chi connectivity index (χ3v) is 10.5. The Morgan fingerprint density at radius 1 is 0.333 bits per heavy atom. The van der Waals surface area contributed by atoms with Crippen molar-refractivity contribution in [3.05, 3.63) is 182 Å². The molecule has 0 aliphatic rings. The molecule has 11 rings (SSSR count). The molecule has 3 heterocycles. The summed E-state index contributed by atoms with van der Waals surface area (Å²) in [6.45, 7) is 0. The molecule has 0 atom stereocenters. The summed E-state index contributed by atoms with van der Waals surface area (Å²) in [5, 5.41) is 6.65. The highest BCUT2D eigenvalue weighted by atomic mass is 16.3. The molecular formula is C49H30N4O. The summed E-state index contributed by atoms with van der Waals surface area (Å²) in [5.74, 6) is 1.83. The lowest BCUT2D eigenvalue weighted by atomic mass is 10.0. The van der Waals surface area contributed by atoms with E-state index in [2.05, 4.69) is 138 Å². The summed E-state index contributed by atoms with van der Waals surface area (Å²) >= 11 is 0. The normalized spacial score (nSPS) is 11.7. The van der Waals surface area contributed by atoms with E-state index in [1.807, 2.05) is 48.5 Å². The molecule has 0 saturated carbocycles. The van der Waals surface area contributed by atoms with Crippen LogP contribution in [0.5, 0.6) is 0 Å². The Labute approximate surface area is 310 Å². The Bertz CT molecular complexity index is 3150. The summed E-state index contributed by atoms with van der Waals surface area (Å²) in [7, 11) is 0. The number of fused-ring (bicyclic) bond motifs is 8. The standard InChI is InChI=1S/C49H30N4O/c1-3-13-31(14-4-1)32-23-25-34(26-24-32)48-50-47(33-15-5-2-6-16-33)51-49(52-48)35-27-28-38-40(29-35)46-41(39-19-9-12-22-45(39)54-46)30-44(38)53-42-20-10-7-17-36(42)37-18-8-11-21-43(37)53/h1-30H. The van der Waals surface area contributed by atoms with Gasteiger partial charge in [0.25, 0.3) is 0 Å². The van der Waals surface area contributed by atoms with Gasteiger partial charge in [-0.3, -0.25) is 0 Å². The first-order chi connectivity index (χ1) is 26.8. The number of para-hydroxylation sites is 3. The first-order valence-electron chi connectivity index (χ1n) is 18.1. The molecule has 0 aliphatic heterocycles. The number of hydrogen-bond acceptors (Lipinski definition) is 4. The SMILES string of the molecule is c1ccc(-c2ccc(-c3nc(-c4ccccc4)nc(-c4ccc5c(-n6c7ccccc7c7ccccc76)cc6c7ccccc7oc6c5c4)n3)cc2)cc1. The molecule has 0 saturated heterocycles. The van der Waals surface area contributed by atoms with Crippen molar-refractivity contribution in [1.29, 1.82) is 0 Å². The van der Waals surface area contributed by atoms with Crippen molar-refractivity contribution in [2.24, 2.45) is 0 Å². The Morgan fingerprint density at radius 2 is 0.796 bits per heavy atom. The zero-order chi connectivity index (χ0) is 35.6. The van der Waals surface area contributed by atoms with Gasteiger partial charge >= 0.3 is 0 Å². The van der Waals surface area contributed by atoms with E-state index in [9.17, 15) is 0 Å². The van der Waals surface area contributed by atoms with Crippen LogP contribution < -0.4 is 0 Å². The summed E-state index contributed by atoms with van der Waals surface area (Å²) in [5.41, 5.74) is 10.1. The minimum absolute atomic E-state index is 0.597. The molecule has 54 heavy (non-hydrogen) atoms. The van der Waals surface area contributed by atoms with Gasteiger partial charge in [0.15, 0.2) is 17.5 Å². The van der Waals surface area contributed by atoms with Crippen LogP contribution >= 0.6 is 0 Å². The quantitative estimate of drug-likeness (QED) is 0.180. The van der Waals surface area contributed by atoms with Gasteiger partial charge in [-0.2, -0.15) is 0 Å². The molecule has 252 valence electrons. The van der Waals surface area contributed by atoms with Crippen LogP contribution in [0.25, 0.3) is 105 Å². The van der Waals surface area contributed by atoms with Gasteiger partial charge in [-0.15, -0.1) is 0 Å². The number of furan rings is 1. The van der Waals surface area contributed by atoms with E-state index in [1.165, 1.54) is 16.3 Å². The number of benzene rings is 8. The summed E-state index contributed by atoms with van der Waals surface area (Å²) in [4.78, 5) is 15.2. The van der Waals surface area contributed by atoms with Crippen LogP contribution in [0.4, 0.5) is 0 Å². The predicted molar refractivity (Wildman–Crippen MR) is 221 cm³/mol. The molecule has 0 fully saturated rings. The van der Waals surface area contributed by atoms with Crippen LogP contribution in [0.15, 0.2) is 186 Å². The minimum atomic E-state index is 0.597. The van der Waals surface area contributed by atoms with E-state index in [0.29, 0.717) is 17.5 Å². The molecule has 8 aromatic carbocycles. The smallest absolute Gasteiger partial charge is 0.164 e. The van der Waals surface area contributed by atoms with Crippen LogP contribution in [0.2, 0.25) is 0 Å². The molecule has 5 heteroatoms. The van der Waals surface area contributed by atoms with E-state index in [4.69, 9.17) is 19.4 Å². The lowest BCUT2D eigenvalue weighted by Gasteiger charge is -2.14. The maximum atomic E-state index is 6.68. The molecule has 0 radical (unpaired) electrons. The van der Waals surface area contributed by atoms with E-state index in [0.717, 1.165) is 71.7 Å². The fourth-order valence-electron chi connectivity index (χ4n) is 7.88. The average Bonchev–Trinajstić information content (AvgIpc) is 3.80. The van der Waals surface area contributed by atoms with Gasteiger partial charge < -0.3 is 8.98 Å². The second-order valence-corrected chi connectivity index (χ2v) is 13.6. The summed E-state index contributed by atoms with van der Waals surface area (Å²) in [6.07, 6.45) is 0. The van der Waals surface area contributed by atoms with Crippen LogP contribution in [0.1, 0.15) is 0 Å². The third-order valence-electron chi connectivity index (χ3n) is 10.5. The number of aromatic nitrogens is 4. The maximum absolute atomic E-state index is 6.68. The van der Waals surface area contributed by atoms with Gasteiger partial charge in [0.05, 0.1) is 16.7 Å². The topological polar surface area (TPSA) is 56.7 Å². The molecule has 3 aromatic heterocycles. The largest absolute Gasteiger partial charge is 0.455 e. The monoisotopic (exact) mass is 690 g/mol. The van der Waals surface area contributed by atoms with Crippen LogP contribution in [-0.2, 0) is 0 Å². The minimum Gasteiger partial charge on any atom is -0.455 e. The van der Waals surface area contributed by atoms with Crippen molar-refractivity contribution >= 4 is 54.5 Å². The van der Waals surface area contributed by atoms with E-state index >= 15 is 0 Å². The molecule has 5 nitrogen and oxygen atoms in total. The van der Waals surface area contributed by atoms with Gasteiger partial charge in [0, 0.05) is 49.0 Å². The van der Waals surface area contributed by atoms with Crippen LogP contribution in [0.3, 0.4) is 0 Å². The fourth-order valence-corrected chi connectivity index (χ4v) is 7.88. The highest BCUT2D eigenvalue weighted by Crippen LogP contribution is 2.42. The van der Waals surface area contributed by atoms with E-state index < -0.39 is 0 Å². The lowest BCUT2D eigenvalue weighted by molar-refractivity contribution is 0.672. The molecule has 11 aromatic rings. The van der Waals surface area contributed by atoms with Crippen LogP contribution in [0, 0.1) is 0 Å². The van der Waals surface area contributed by atoms with E-state index in [-0.39, 0.29) is 0 Å². The molecule has 0 aliphatic carbocycles. The zero-order valence-electron chi connectivity index (χ0n) is 29.0. The Morgan fingerprint density at radius 3 is 1.46 bits per heavy atom. The highest BCUT2D eigenvalue weighted by molar-refractivity contribution is 6.19. The van der Waals surface area contributed by atoms with Gasteiger partial charge in [-0.25, -0.2) is 15.0 Å². The third kappa shape index (κ3) is 4.83. The Hall–Kier alpha value is -7.37. The van der Waals surface area contributed by atoms with Crippen LogP contribution in [-0.4, -0.2) is 19.5 Å². The number of rotatable bonds is 5. The van der Waals surface area contributed by atoms with Crippen molar-refractivity contribution in [2.75, 3.05) is 0 Å². The molecule has 0 unspecified atom stereocenters. The molecule has 0 bridgehead atoms. The van der Waals surface area contributed by atoms with Crippen molar-refractivity contribution in [2.45, 2.75) is 0 Å². The molecule has 0 spiro atoms. The maximum Gasteiger partial charge on any atom is 0.164 e. The van der Waals surface area contributed by atoms with Gasteiger partial charge in [-0.05, 0) is 41.5 Å². The van der Waals surface area contributed by atoms with Gasteiger partial charge in [0.2, 0.25) is 0 Å². The van der Waals surface area contributed by atoms with Crippen molar-refractivity contribution in [3.63, 3.8) is 0 Å². The molecular weight excluding hydrogens is 661 g/mol. The predicted octanol–water partition coefficient (Wildman–Crippen LogP) is 12.7. The van der Waals surface area contributed by atoms with Crippen molar-refractivity contribution in [1.82, 2.24) is 19.5 Å². The molecule has 0 amide bonds. The Balaban J connectivity index is 1.15. The summed E-state index contributed by atoms with van der Waals surface area (Å²) < 4.78 is 9.07. The first-order valence-corrected chi connectivity index (χ1v) is 18.1. The zero-order valence-corrected chi connectivity index (χ0v) is 29.0. The summed E-state index contributed by atoms with van der Waals surface area (Å²) in [6, 6.07) is 63.3. The highest BCUT2D eigenvalue weighted by Gasteiger charge is 2.20. The Kier molecular flexibility index (Phi) is 6.79. The van der Waals surface area contributed by atoms with Gasteiger partial charge in [-0.1, -0.05) is 152 Å².